The van der Waals surface area contributed by atoms with Crippen LogP contribution in [0.4, 0.5) is 4.39 Å². The smallest absolute Gasteiger partial charge is 0.249 e. The summed E-state index contributed by atoms with van der Waals surface area (Å²) in [6.45, 7) is 2.34. The minimum Gasteiger partial charge on any atom is -0.288 e. The second kappa shape index (κ2) is 9.92. The fourth-order valence-electron chi connectivity index (χ4n) is 5.20. The number of nitrogens with zero attached hydrogens (tertiary/aromatic N) is 6. The Labute approximate surface area is 203 Å². The molecule has 0 bridgehead atoms. The van der Waals surface area contributed by atoms with Crippen LogP contribution >= 0.6 is 0 Å². The zero-order chi connectivity index (χ0) is 24.4. The fraction of sp³-hybridized carbons (Fsp3) is 0.423. The van der Waals surface area contributed by atoms with E-state index in [9.17, 15) is 14.4 Å². The molecule has 1 atom stereocenters. The summed E-state index contributed by atoms with van der Waals surface area (Å²) >= 11 is 0. The van der Waals surface area contributed by atoms with Crippen LogP contribution in [0.25, 0.3) is 5.82 Å². The van der Waals surface area contributed by atoms with Gasteiger partial charge in [0, 0.05) is 36.5 Å². The van der Waals surface area contributed by atoms with E-state index in [0.29, 0.717) is 24.5 Å². The molecule has 1 amide bonds. The van der Waals surface area contributed by atoms with Crippen LogP contribution in [0.5, 0.6) is 0 Å². The summed E-state index contributed by atoms with van der Waals surface area (Å²) in [6, 6.07) is 7.84. The maximum Gasteiger partial charge on any atom is 0.249 e. The van der Waals surface area contributed by atoms with E-state index in [1.807, 2.05) is 29.8 Å². The maximum atomic E-state index is 14.0. The molecule has 0 unspecified atom stereocenters. The number of halogens is 1. The van der Waals surface area contributed by atoms with Crippen molar-refractivity contribution in [1.29, 1.82) is 5.26 Å². The van der Waals surface area contributed by atoms with Gasteiger partial charge in [-0.05, 0) is 68.7 Å². The molecule has 1 aliphatic heterocycles. The van der Waals surface area contributed by atoms with E-state index in [4.69, 9.17) is 4.84 Å². The highest BCUT2D eigenvalue weighted by Gasteiger charge is 2.37. The Bertz CT molecular complexity index is 1260. The summed E-state index contributed by atoms with van der Waals surface area (Å²) in [7, 11) is 0. The molecule has 180 valence electrons. The summed E-state index contributed by atoms with van der Waals surface area (Å²) in [5.74, 6) is 1.48. The number of amides is 1. The van der Waals surface area contributed by atoms with Gasteiger partial charge in [0.15, 0.2) is 0 Å². The first kappa shape index (κ1) is 23.1. The van der Waals surface area contributed by atoms with Gasteiger partial charge in [0.2, 0.25) is 5.91 Å². The van der Waals surface area contributed by atoms with Crippen molar-refractivity contribution in [2.45, 2.75) is 51.5 Å². The number of hydroxylamine groups is 2. The molecule has 3 aromatic rings. The molecule has 9 heteroatoms. The number of rotatable bonds is 5. The number of nitriles is 1. The average molecular weight is 475 g/mol. The lowest BCUT2D eigenvalue weighted by Crippen LogP contribution is -2.36. The zero-order valence-corrected chi connectivity index (χ0v) is 19.6. The molecule has 1 aliphatic carbocycles. The number of carbonyl (C=O) groups excluding carboxylic acids is 1. The SMILES string of the molecule is Cc1nccn1-c1cc(CC2CCC(C(=O)N3OCC[C@H]3c3cc(F)cc(C#N)c3)CC2)ncn1. The van der Waals surface area contributed by atoms with E-state index in [0.717, 1.165) is 49.4 Å². The van der Waals surface area contributed by atoms with E-state index in [1.165, 1.54) is 17.2 Å². The first-order chi connectivity index (χ1) is 17.0. The number of hydrogen-bond acceptors (Lipinski definition) is 6. The van der Waals surface area contributed by atoms with Crippen LogP contribution in [0.15, 0.2) is 43.0 Å². The van der Waals surface area contributed by atoms with Gasteiger partial charge in [0.25, 0.3) is 0 Å². The zero-order valence-electron chi connectivity index (χ0n) is 19.6. The van der Waals surface area contributed by atoms with Gasteiger partial charge in [-0.25, -0.2) is 24.4 Å². The molecule has 8 nitrogen and oxygen atoms in total. The Hall–Kier alpha value is -3.64. The van der Waals surface area contributed by atoms with Crippen molar-refractivity contribution in [1.82, 2.24) is 24.6 Å². The third-order valence-corrected chi connectivity index (χ3v) is 7.03. The summed E-state index contributed by atoms with van der Waals surface area (Å²) in [6.07, 6.45) is 10.1. The van der Waals surface area contributed by atoms with Crippen molar-refractivity contribution >= 4 is 5.91 Å². The molecule has 5 rings (SSSR count). The number of imidazole rings is 1. The Balaban J connectivity index is 1.21. The van der Waals surface area contributed by atoms with Gasteiger partial charge in [-0.15, -0.1) is 0 Å². The molecule has 1 saturated heterocycles. The van der Waals surface area contributed by atoms with Crippen molar-refractivity contribution in [3.05, 3.63) is 71.4 Å². The molecular weight excluding hydrogens is 447 g/mol. The van der Waals surface area contributed by atoms with Crippen molar-refractivity contribution in [2.75, 3.05) is 6.61 Å². The number of hydrogen-bond donors (Lipinski definition) is 0. The molecule has 1 aromatic carbocycles. The minimum absolute atomic E-state index is 0.0476. The van der Waals surface area contributed by atoms with Crippen LogP contribution in [0.1, 0.15) is 60.8 Å². The molecular formula is C26H27FN6O2. The lowest BCUT2D eigenvalue weighted by atomic mass is 9.79. The van der Waals surface area contributed by atoms with Crippen LogP contribution in [0.2, 0.25) is 0 Å². The van der Waals surface area contributed by atoms with Crippen LogP contribution in [-0.4, -0.2) is 37.1 Å². The van der Waals surface area contributed by atoms with E-state index in [2.05, 4.69) is 15.0 Å². The van der Waals surface area contributed by atoms with E-state index < -0.39 is 5.82 Å². The van der Waals surface area contributed by atoms with Crippen LogP contribution in [0, 0.1) is 35.9 Å². The van der Waals surface area contributed by atoms with Gasteiger partial charge in [0.05, 0.1) is 24.3 Å². The lowest BCUT2D eigenvalue weighted by Gasteiger charge is -2.32. The molecule has 1 saturated carbocycles. The van der Waals surface area contributed by atoms with Gasteiger partial charge in [-0.2, -0.15) is 5.26 Å². The Morgan fingerprint density at radius 3 is 2.71 bits per heavy atom. The third kappa shape index (κ3) is 4.93. The van der Waals surface area contributed by atoms with E-state index >= 15 is 0 Å². The van der Waals surface area contributed by atoms with Gasteiger partial charge in [-0.3, -0.25) is 14.2 Å². The Morgan fingerprint density at radius 1 is 1.14 bits per heavy atom. The average Bonchev–Trinajstić information content (AvgIpc) is 3.53. The largest absolute Gasteiger partial charge is 0.288 e. The van der Waals surface area contributed by atoms with Crippen molar-refractivity contribution < 1.29 is 14.0 Å². The van der Waals surface area contributed by atoms with Crippen molar-refractivity contribution in [3.63, 3.8) is 0 Å². The lowest BCUT2D eigenvalue weighted by molar-refractivity contribution is -0.183. The van der Waals surface area contributed by atoms with E-state index in [1.54, 1.807) is 18.6 Å². The second-order valence-electron chi connectivity index (χ2n) is 9.32. The Kier molecular flexibility index (Phi) is 6.55. The molecule has 0 radical (unpaired) electrons. The van der Waals surface area contributed by atoms with E-state index in [-0.39, 0.29) is 23.4 Å². The molecule has 0 N–H and O–H groups in total. The Morgan fingerprint density at radius 2 is 1.97 bits per heavy atom. The predicted molar refractivity (Wildman–Crippen MR) is 124 cm³/mol. The number of benzene rings is 1. The third-order valence-electron chi connectivity index (χ3n) is 7.03. The highest BCUT2D eigenvalue weighted by molar-refractivity contribution is 5.78. The first-order valence-electron chi connectivity index (χ1n) is 12.0. The molecule has 35 heavy (non-hydrogen) atoms. The summed E-state index contributed by atoms with van der Waals surface area (Å²) in [5, 5.41) is 10.6. The fourth-order valence-corrected chi connectivity index (χ4v) is 5.20. The highest BCUT2D eigenvalue weighted by atomic mass is 19.1. The van der Waals surface area contributed by atoms with Gasteiger partial charge in [0.1, 0.15) is 23.8 Å². The first-order valence-corrected chi connectivity index (χ1v) is 12.0. The number of aryl methyl sites for hydroxylation is 1. The van der Waals surface area contributed by atoms with Gasteiger partial charge < -0.3 is 0 Å². The van der Waals surface area contributed by atoms with Gasteiger partial charge >= 0.3 is 0 Å². The molecule has 0 spiro atoms. The van der Waals surface area contributed by atoms with Crippen molar-refractivity contribution in [3.8, 4) is 11.9 Å². The minimum atomic E-state index is -0.477. The summed E-state index contributed by atoms with van der Waals surface area (Å²) < 4.78 is 15.9. The highest BCUT2D eigenvalue weighted by Crippen LogP contribution is 2.37. The second-order valence-corrected chi connectivity index (χ2v) is 9.32. The monoisotopic (exact) mass is 474 g/mol. The summed E-state index contributed by atoms with van der Waals surface area (Å²) in [4.78, 5) is 32.1. The molecule has 2 aromatic heterocycles. The molecule has 3 heterocycles. The quantitative estimate of drug-likeness (QED) is 0.549. The number of aromatic nitrogens is 4. The maximum absolute atomic E-state index is 14.0. The van der Waals surface area contributed by atoms with Crippen LogP contribution in [0.3, 0.4) is 0 Å². The molecule has 2 fully saturated rings. The van der Waals surface area contributed by atoms with Gasteiger partial charge in [-0.1, -0.05) is 0 Å². The van der Waals surface area contributed by atoms with Crippen LogP contribution in [-0.2, 0) is 16.1 Å². The standard InChI is InChI=1S/C26H27FN6O2/c1-17-29-7-8-32(17)25-14-23(30-16-31-25)12-18-2-4-20(5-3-18)26(34)33-24(6-9-35-33)21-10-19(15-28)11-22(27)13-21/h7-8,10-11,13-14,16,18,20,24H,2-6,9,12H2,1H3/t18?,20?,24-/m0/s1. The number of carbonyl (C=O) groups is 1. The van der Waals surface area contributed by atoms with Crippen molar-refractivity contribution in [2.24, 2.45) is 11.8 Å². The van der Waals surface area contributed by atoms with Crippen LogP contribution < -0.4 is 0 Å². The predicted octanol–water partition coefficient (Wildman–Crippen LogP) is 4.24. The summed E-state index contributed by atoms with van der Waals surface area (Å²) in [5.41, 5.74) is 1.84. The topological polar surface area (TPSA) is 96.9 Å². The molecule has 2 aliphatic rings. The normalized spacial score (nSPS) is 22.2.